The number of rotatable bonds is 20. The van der Waals surface area contributed by atoms with Crippen molar-refractivity contribution in [2.75, 3.05) is 14.2 Å². The molecule has 0 saturated carbocycles. The van der Waals surface area contributed by atoms with Crippen LogP contribution >= 0.6 is 11.6 Å². The van der Waals surface area contributed by atoms with Crippen molar-refractivity contribution in [3.63, 3.8) is 0 Å². The maximum atomic E-state index is 12.4. The van der Waals surface area contributed by atoms with Gasteiger partial charge in [-0.3, -0.25) is 0 Å². The second-order valence-corrected chi connectivity index (χ2v) is 20.2. The van der Waals surface area contributed by atoms with Gasteiger partial charge in [-0.2, -0.15) is 0 Å². The fraction of sp³-hybridized carbons (Fsp3) is 0.537. The van der Waals surface area contributed by atoms with Crippen LogP contribution in [0.25, 0.3) is 0 Å². The quantitative estimate of drug-likeness (QED) is 0.0582. The zero-order valence-corrected chi connectivity index (χ0v) is 33.3. The predicted molar refractivity (Wildman–Crippen MR) is 205 cm³/mol. The molecule has 9 heteroatoms. The molecule has 50 heavy (non-hydrogen) atoms. The third-order valence-electron chi connectivity index (χ3n) is 9.93. The van der Waals surface area contributed by atoms with E-state index in [-0.39, 0.29) is 12.0 Å². The summed E-state index contributed by atoms with van der Waals surface area (Å²) in [6.07, 6.45) is 3.41. The molecule has 0 amide bonds. The Morgan fingerprint density at radius 1 is 0.840 bits per heavy atom. The summed E-state index contributed by atoms with van der Waals surface area (Å²) >= 11 is 6.20. The number of carbonyl (C=O) groups is 1. The zero-order valence-electron chi connectivity index (χ0n) is 31.5. The van der Waals surface area contributed by atoms with Crippen LogP contribution in [-0.2, 0) is 36.6 Å². The van der Waals surface area contributed by atoms with E-state index < -0.39 is 32.7 Å². The molecule has 2 aromatic carbocycles. The van der Waals surface area contributed by atoms with Gasteiger partial charge in [-0.15, -0.1) is 0 Å². The summed E-state index contributed by atoms with van der Waals surface area (Å²) in [5.74, 6) is 1.30. The maximum absolute atomic E-state index is 12.4. The lowest BCUT2D eigenvalue weighted by Crippen LogP contribution is -2.56. The Bertz CT molecular complexity index is 1370. The van der Waals surface area contributed by atoms with Gasteiger partial charge in [-0.1, -0.05) is 109 Å². The molecule has 0 aliphatic carbocycles. The number of benzene rings is 2. The molecule has 1 aliphatic heterocycles. The van der Waals surface area contributed by atoms with Gasteiger partial charge in [0.05, 0.1) is 45.7 Å². The first-order valence-corrected chi connectivity index (χ1v) is 20.2. The molecule has 1 heterocycles. The molecule has 3 rings (SSSR count). The molecule has 0 radical (unpaired) electrons. The SMILES string of the molecule is C=C(Cl)/C=C/[C@H](CC(=C)C[C@H]1O[C@@H](C=O)[C@H](C)[C@@H](OCc2ccc(OC)cc2)[C@@H]1OCc1ccc(OC)cc1)O[Si](C(C)C)(C(C)C)C(C)C. The summed E-state index contributed by atoms with van der Waals surface area (Å²) in [4.78, 5) is 12.4. The highest BCUT2D eigenvalue weighted by Gasteiger charge is 2.47. The van der Waals surface area contributed by atoms with Crippen LogP contribution in [0.5, 0.6) is 11.5 Å². The molecule has 1 fully saturated rings. The van der Waals surface area contributed by atoms with Crippen molar-refractivity contribution >= 4 is 26.2 Å². The Morgan fingerprint density at radius 3 is 1.74 bits per heavy atom. The Balaban J connectivity index is 1.92. The lowest BCUT2D eigenvalue weighted by Gasteiger charge is -2.45. The molecule has 0 aromatic heterocycles. The van der Waals surface area contributed by atoms with E-state index in [1.807, 2.05) is 67.6 Å². The number of methoxy groups -OCH3 is 2. The molecule has 1 aliphatic rings. The van der Waals surface area contributed by atoms with Crippen molar-refractivity contribution in [2.45, 2.75) is 122 Å². The summed E-state index contributed by atoms with van der Waals surface area (Å²) in [5, 5.41) is 0.442. The van der Waals surface area contributed by atoms with Gasteiger partial charge in [0, 0.05) is 11.0 Å². The largest absolute Gasteiger partial charge is 0.497 e. The minimum Gasteiger partial charge on any atom is -0.497 e. The summed E-state index contributed by atoms with van der Waals surface area (Å²) < 4.78 is 37.7. The third kappa shape index (κ3) is 11.1. The number of halogens is 1. The standard InChI is InChI=1S/C41H59ClO7Si/c1-27(2)50(28(3)4,29(5)6)49-37(17-12-31(8)42)22-30(7)23-38-41(47-26-34-15-20-36(45-11)21-16-34)40(32(9)39(24-43)48-38)46-25-33-13-18-35(44-10)19-14-33/h12-21,24,27-29,32,37-41H,7-8,22-23,25-26H2,1-6,9-11H3/b17-12+/t32-,37+,38+,39-,40+,41+/m0/s1. The number of carbonyl (C=O) groups excluding carboxylic acids is 1. The molecule has 6 atom stereocenters. The van der Waals surface area contributed by atoms with Gasteiger partial charge in [-0.05, 0) is 70.9 Å². The van der Waals surface area contributed by atoms with E-state index in [0.717, 1.165) is 34.5 Å². The maximum Gasteiger partial charge on any atom is 0.201 e. The highest BCUT2D eigenvalue weighted by atomic mass is 35.5. The topological polar surface area (TPSA) is 72.5 Å². The molecule has 2 aromatic rings. The van der Waals surface area contributed by atoms with Gasteiger partial charge in [-0.25, -0.2) is 0 Å². The number of aldehydes is 1. The van der Waals surface area contributed by atoms with E-state index >= 15 is 0 Å². The van der Waals surface area contributed by atoms with Crippen LogP contribution < -0.4 is 9.47 Å². The molecule has 0 spiro atoms. The van der Waals surface area contributed by atoms with Crippen molar-refractivity contribution in [3.05, 3.63) is 95.6 Å². The van der Waals surface area contributed by atoms with Crippen molar-refractivity contribution < 1.29 is 32.9 Å². The van der Waals surface area contributed by atoms with E-state index in [1.54, 1.807) is 14.2 Å². The van der Waals surface area contributed by atoms with Crippen LogP contribution in [0.4, 0.5) is 0 Å². The first kappa shape index (κ1) is 41.7. The van der Waals surface area contributed by atoms with Crippen LogP contribution in [0.2, 0.25) is 16.6 Å². The first-order valence-electron chi connectivity index (χ1n) is 17.7. The van der Waals surface area contributed by atoms with E-state index in [1.165, 1.54) is 0 Å². The molecule has 0 bridgehead atoms. The fourth-order valence-electron chi connectivity index (χ4n) is 7.38. The molecule has 7 nitrogen and oxygen atoms in total. The van der Waals surface area contributed by atoms with E-state index in [4.69, 9.17) is 39.7 Å². The first-order chi connectivity index (χ1) is 23.7. The summed E-state index contributed by atoms with van der Waals surface area (Å²) in [6, 6.07) is 15.6. The van der Waals surface area contributed by atoms with Crippen LogP contribution in [-0.4, -0.2) is 59.3 Å². The number of hydrogen-bond donors (Lipinski definition) is 0. The normalized spacial score (nSPS) is 21.9. The minimum absolute atomic E-state index is 0.248. The van der Waals surface area contributed by atoms with Gasteiger partial charge in [0.15, 0.2) is 0 Å². The molecular formula is C41H59ClO7Si. The molecule has 0 unspecified atom stereocenters. The van der Waals surface area contributed by atoms with Crippen molar-refractivity contribution in [2.24, 2.45) is 5.92 Å². The van der Waals surface area contributed by atoms with Crippen LogP contribution in [0.3, 0.4) is 0 Å². The smallest absolute Gasteiger partial charge is 0.201 e. The monoisotopic (exact) mass is 726 g/mol. The summed E-state index contributed by atoms with van der Waals surface area (Å²) in [6.45, 7) is 24.7. The molecular weight excluding hydrogens is 668 g/mol. The highest BCUT2D eigenvalue weighted by Crippen LogP contribution is 2.44. The Kier molecular flexibility index (Phi) is 16.5. The van der Waals surface area contributed by atoms with Crippen LogP contribution in [0, 0.1) is 5.92 Å². The highest BCUT2D eigenvalue weighted by molar-refractivity contribution is 6.77. The predicted octanol–water partition coefficient (Wildman–Crippen LogP) is 9.98. The lowest BCUT2D eigenvalue weighted by atomic mass is 9.85. The third-order valence-corrected chi connectivity index (χ3v) is 16.2. The molecule has 1 saturated heterocycles. The van der Waals surface area contributed by atoms with Gasteiger partial charge in [0.1, 0.15) is 30.0 Å². The average molecular weight is 727 g/mol. The zero-order chi connectivity index (χ0) is 37.0. The van der Waals surface area contributed by atoms with Gasteiger partial charge >= 0.3 is 0 Å². The number of allylic oxidation sites excluding steroid dienone is 2. The van der Waals surface area contributed by atoms with Gasteiger partial charge in [0.2, 0.25) is 8.32 Å². The molecule has 276 valence electrons. The van der Waals surface area contributed by atoms with Crippen molar-refractivity contribution in [1.82, 2.24) is 0 Å². The van der Waals surface area contributed by atoms with Gasteiger partial charge < -0.3 is 32.9 Å². The summed E-state index contributed by atoms with van der Waals surface area (Å²) in [5.41, 5.74) is 4.11. The second kappa shape index (κ2) is 19.8. The van der Waals surface area contributed by atoms with Crippen molar-refractivity contribution in [1.29, 1.82) is 0 Å². The van der Waals surface area contributed by atoms with Gasteiger partial charge in [0.25, 0.3) is 0 Å². The Labute approximate surface area is 307 Å². The number of hydrogen-bond acceptors (Lipinski definition) is 7. The van der Waals surface area contributed by atoms with Crippen LogP contribution in [0.1, 0.15) is 72.4 Å². The second-order valence-electron chi connectivity index (χ2n) is 14.3. The lowest BCUT2D eigenvalue weighted by molar-refractivity contribution is -0.225. The molecule has 0 N–H and O–H groups in total. The Hall–Kier alpha value is -2.72. The fourth-order valence-corrected chi connectivity index (χ4v) is 13.0. The summed E-state index contributed by atoms with van der Waals surface area (Å²) in [7, 11) is 1.05. The van der Waals surface area contributed by atoms with E-state index in [2.05, 4.69) is 54.7 Å². The minimum atomic E-state index is -2.24. The van der Waals surface area contributed by atoms with E-state index in [9.17, 15) is 4.79 Å². The number of ether oxygens (including phenoxy) is 5. The van der Waals surface area contributed by atoms with Crippen molar-refractivity contribution in [3.8, 4) is 11.5 Å². The van der Waals surface area contributed by atoms with Crippen LogP contribution in [0.15, 0.2) is 84.4 Å². The average Bonchev–Trinajstić information content (AvgIpc) is 3.08. The Morgan fingerprint density at radius 2 is 1.32 bits per heavy atom. The van der Waals surface area contributed by atoms with E-state index in [0.29, 0.717) is 47.7 Å².